The molecular formula is C20H18N6O. The van der Waals surface area contributed by atoms with Gasteiger partial charge in [-0.15, -0.1) is 0 Å². The molecule has 4 rings (SSSR count). The number of rotatable bonds is 5. The van der Waals surface area contributed by atoms with Crippen molar-refractivity contribution in [1.29, 1.82) is 0 Å². The zero-order valence-electron chi connectivity index (χ0n) is 14.8. The minimum absolute atomic E-state index is 0.229. The van der Waals surface area contributed by atoms with E-state index in [9.17, 15) is 4.79 Å². The van der Waals surface area contributed by atoms with E-state index in [1.807, 2.05) is 49.8 Å². The Labute approximate surface area is 156 Å². The minimum atomic E-state index is -0.229. The average Bonchev–Trinajstić information content (AvgIpc) is 3.31. The Morgan fingerprint density at radius 1 is 1.00 bits per heavy atom. The fourth-order valence-electron chi connectivity index (χ4n) is 2.78. The molecule has 0 unspecified atom stereocenters. The van der Waals surface area contributed by atoms with Crippen molar-refractivity contribution in [3.63, 3.8) is 0 Å². The van der Waals surface area contributed by atoms with Gasteiger partial charge in [-0.1, -0.05) is 30.3 Å². The van der Waals surface area contributed by atoms with Crippen LogP contribution in [0.15, 0.2) is 73.6 Å². The zero-order chi connectivity index (χ0) is 18.6. The van der Waals surface area contributed by atoms with Crippen LogP contribution in [0.4, 0.5) is 5.69 Å². The molecule has 1 aromatic carbocycles. The summed E-state index contributed by atoms with van der Waals surface area (Å²) < 4.78 is 3.50. The standard InChI is InChI=1S/C20H18N6O/c1-25-13-18(10-22-25)16-7-17(9-21-8-16)20(27)24-19-11-23-26(14-19)12-15-5-3-2-4-6-15/h2-11,13-14H,12H2,1H3,(H,24,27). The third kappa shape index (κ3) is 3.92. The number of pyridine rings is 1. The fraction of sp³-hybridized carbons (Fsp3) is 0.100. The summed E-state index contributed by atoms with van der Waals surface area (Å²) in [6.45, 7) is 0.648. The van der Waals surface area contributed by atoms with Crippen LogP contribution in [-0.4, -0.2) is 30.5 Å². The fourth-order valence-corrected chi connectivity index (χ4v) is 2.78. The van der Waals surface area contributed by atoms with Crippen molar-refractivity contribution in [2.24, 2.45) is 7.05 Å². The summed E-state index contributed by atoms with van der Waals surface area (Å²) in [4.78, 5) is 16.7. The van der Waals surface area contributed by atoms with Gasteiger partial charge < -0.3 is 5.32 Å². The van der Waals surface area contributed by atoms with E-state index in [-0.39, 0.29) is 5.91 Å². The van der Waals surface area contributed by atoms with Gasteiger partial charge in [0.25, 0.3) is 5.91 Å². The van der Waals surface area contributed by atoms with Crippen LogP contribution in [0.5, 0.6) is 0 Å². The summed E-state index contributed by atoms with van der Waals surface area (Å²) in [5, 5.41) is 11.3. The Morgan fingerprint density at radius 2 is 1.85 bits per heavy atom. The maximum absolute atomic E-state index is 12.6. The van der Waals surface area contributed by atoms with E-state index in [1.54, 1.807) is 40.2 Å². The number of amides is 1. The van der Waals surface area contributed by atoms with Crippen molar-refractivity contribution in [3.8, 4) is 11.1 Å². The van der Waals surface area contributed by atoms with Gasteiger partial charge in [0.1, 0.15) is 0 Å². The quantitative estimate of drug-likeness (QED) is 0.595. The molecule has 0 aliphatic carbocycles. The number of hydrogen-bond donors (Lipinski definition) is 1. The maximum atomic E-state index is 12.6. The second-order valence-electron chi connectivity index (χ2n) is 6.23. The largest absolute Gasteiger partial charge is 0.319 e. The molecule has 1 N–H and O–H groups in total. The van der Waals surface area contributed by atoms with Crippen LogP contribution >= 0.6 is 0 Å². The first kappa shape index (κ1) is 16.7. The van der Waals surface area contributed by atoms with Gasteiger partial charge in [0, 0.05) is 43.0 Å². The summed E-state index contributed by atoms with van der Waals surface area (Å²) in [5.74, 6) is -0.229. The number of nitrogens with one attached hydrogen (secondary N) is 1. The van der Waals surface area contributed by atoms with Crippen LogP contribution in [-0.2, 0) is 13.6 Å². The second kappa shape index (κ2) is 7.25. The molecule has 0 fully saturated rings. The van der Waals surface area contributed by atoms with Crippen molar-refractivity contribution in [3.05, 3.63) is 84.7 Å². The van der Waals surface area contributed by atoms with Gasteiger partial charge in [0.2, 0.25) is 0 Å². The topological polar surface area (TPSA) is 77.6 Å². The molecule has 0 aliphatic rings. The van der Waals surface area contributed by atoms with E-state index >= 15 is 0 Å². The molecule has 0 spiro atoms. The van der Waals surface area contributed by atoms with Crippen molar-refractivity contribution < 1.29 is 4.79 Å². The number of hydrogen-bond acceptors (Lipinski definition) is 4. The van der Waals surface area contributed by atoms with E-state index < -0.39 is 0 Å². The molecule has 7 nitrogen and oxygen atoms in total. The van der Waals surface area contributed by atoms with Gasteiger partial charge in [-0.2, -0.15) is 10.2 Å². The van der Waals surface area contributed by atoms with Gasteiger partial charge in [-0.25, -0.2) is 0 Å². The molecule has 134 valence electrons. The summed E-state index contributed by atoms with van der Waals surface area (Å²) >= 11 is 0. The monoisotopic (exact) mass is 358 g/mol. The Hall–Kier alpha value is -3.74. The Bertz CT molecular complexity index is 1070. The number of benzene rings is 1. The average molecular weight is 358 g/mol. The van der Waals surface area contributed by atoms with E-state index in [0.29, 0.717) is 17.8 Å². The SMILES string of the molecule is Cn1cc(-c2cncc(C(=O)Nc3cnn(Cc4ccccc4)c3)c2)cn1. The minimum Gasteiger partial charge on any atom is -0.319 e. The number of nitrogens with zero attached hydrogens (tertiary/aromatic N) is 5. The molecule has 0 saturated carbocycles. The lowest BCUT2D eigenvalue weighted by Crippen LogP contribution is -2.12. The highest BCUT2D eigenvalue weighted by molar-refractivity contribution is 6.04. The summed E-state index contributed by atoms with van der Waals surface area (Å²) in [6.07, 6.45) is 10.3. The lowest BCUT2D eigenvalue weighted by molar-refractivity contribution is 0.102. The Morgan fingerprint density at radius 3 is 2.63 bits per heavy atom. The summed E-state index contributed by atoms with van der Waals surface area (Å²) in [6, 6.07) is 11.8. The number of carbonyl (C=O) groups excluding carboxylic acids is 1. The van der Waals surface area contributed by atoms with Gasteiger partial charge in [0.05, 0.1) is 30.2 Å². The molecule has 0 bridgehead atoms. The predicted molar refractivity (Wildman–Crippen MR) is 102 cm³/mol. The first-order chi connectivity index (χ1) is 13.2. The molecule has 4 aromatic rings. The molecular weight excluding hydrogens is 340 g/mol. The van der Waals surface area contributed by atoms with Crippen LogP contribution in [0.1, 0.15) is 15.9 Å². The maximum Gasteiger partial charge on any atom is 0.257 e. The number of anilines is 1. The van der Waals surface area contributed by atoms with E-state index in [0.717, 1.165) is 16.7 Å². The molecule has 0 atom stereocenters. The number of aromatic nitrogens is 5. The van der Waals surface area contributed by atoms with Crippen LogP contribution in [0.3, 0.4) is 0 Å². The summed E-state index contributed by atoms with van der Waals surface area (Å²) in [5.41, 5.74) is 4.02. The molecule has 7 heteroatoms. The molecule has 0 aliphatic heterocycles. The first-order valence-electron chi connectivity index (χ1n) is 8.49. The third-order valence-electron chi connectivity index (χ3n) is 4.12. The second-order valence-corrected chi connectivity index (χ2v) is 6.23. The lowest BCUT2D eigenvalue weighted by Gasteiger charge is -2.04. The smallest absolute Gasteiger partial charge is 0.257 e. The Kier molecular flexibility index (Phi) is 4.49. The van der Waals surface area contributed by atoms with Crippen molar-refractivity contribution in [2.45, 2.75) is 6.54 Å². The van der Waals surface area contributed by atoms with Gasteiger partial charge in [-0.3, -0.25) is 19.1 Å². The molecule has 1 amide bonds. The van der Waals surface area contributed by atoms with Crippen molar-refractivity contribution >= 4 is 11.6 Å². The van der Waals surface area contributed by atoms with Crippen LogP contribution < -0.4 is 5.32 Å². The highest BCUT2D eigenvalue weighted by Gasteiger charge is 2.10. The van der Waals surface area contributed by atoms with E-state index in [1.165, 1.54) is 0 Å². The molecule has 27 heavy (non-hydrogen) atoms. The molecule has 3 heterocycles. The van der Waals surface area contributed by atoms with Crippen LogP contribution in [0.2, 0.25) is 0 Å². The predicted octanol–water partition coefficient (Wildman–Crippen LogP) is 2.98. The van der Waals surface area contributed by atoms with Crippen LogP contribution in [0, 0.1) is 0 Å². The third-order valence-corrected chi connectivity index (χ3v) is 4.12. The van der Waals surface area contributed by atoms with E-state index in [2.05, 4.69) is 20.5 Å². The lowest BCUT2D eigenvalue weighted by atomic mass is 10.1. The summed E-state index contributed by atoms with van der Waals surface area (Å²) in [7, 11) is 1.85. The van der Waals surface area contributed by atoms with Crippen molar-refractivity contribution in [2.75, 3.05) is 5.32 Å². The van der Waals surface area contributed by atoms with Crippen LogP contribution in [0.25, 0.3) is 11.1 Å². The normalized spacial score (nSPS) is 10.7. The number of aryl methyl sites for hydroxylation is 1. The Balaban J connectivity index is 1.46. The van der Waals surface area contributed by atoms with E-state index in [4.69, 9.17) is 0 Å². The van der Waals surface area contributed by atoms with Crippen molar-refractivity contribution in [1.82, 2.24) is 24.5 Å². The molecule has 0 saturated heterocycles. The highest BCUT2D eigenvalue weighted by Crippen LogP contribution is 2.19. The first-order valence-corrected chi connectivity index (χ1v) is 8.49. The molecule has 3 aromatic heterocycles. The van der Waals surface area contributed by atoms with Gasteiger partial charge in [0.15, 0.2) is 0 Å². The van der Waals surface area contributed by atoms with Gasteiger partial charge >= 0.3 is 0 Å². The number of carbonyl (C=O) groups is 1. The zero-order valence-corrected chi connectivity index (χ0v) is 14.8. The molecule has 0 radical (unpaired) electrons. The highest BCUT2D eigenvalue weighted by atomic mass is 16.1. The van der Waals surface area contributed by atoms with Gasteiger partial charge in [-0.05, 0) is 11.6 Å².